The Kier molecular flexibility index (Phi) is 40.7. The average Bonchev–Trinajstić information content (AvgIpc) is 0.883. The maximum atomic E-state index is 14.4. The Morgan fingerprint density at radius 2 is 0.708 bits per heavy atom. The molecular weight excluding hydrogens is 1260 g/mol. The standard InChI is InChI=1S/C61H110N18O17/c1-29(2)21-39(51(86)68-27-48(84)69-35(13)50(85)73-40(22-30(3)4)55(90)71-38(17-19-46(64)82)53(88)78-44(28-80)58(93)77-43(60(95)96)25-33(9)10)74-56(91)42(24-32(7)8)76-57(92)41(23-31(5)6)75-52(87)36(15-14-20-67-61(65)66)72-59(94)49(34(11)12)79-54(89)37(16-18-45(63)81)70-47(83)26-62/h29-44,49,80H,14-28,62H2,1-13H3,(H2,63,81)(H2,64,82)(H,68,86)(H,69,84)(H,70,83)(H,71,90)(H,72,94)(H,73,85)(H,74,91)(H,75,87)(H,76,92)(H,77,93)(H,78,88)(H,79,89)(H,95,96)(H4,65,66,67)/t35-,36-,37-,38-,39-,40-,41-,42-,43-,44-,49-/m0/s1. The van der Waals surface area contributed by atoms with E-state index in [1.165, 1.54) is 6.92 Å². The zero-order valence-corrected chi connectivity index (χ0v) is 57.8. The van der Waals surface area contributed by atoms with Crippen LogP contribution < -0.4 is 92.5 Å². The fraction of sp³-hybridized carbons (Fsp3) is 0.738. The minimum atomic E-state index is -1.68. The van der Waals surface area contributed by atoms with E-state index < -0.39 is 194 Å². The van der Waals surface area contributed by atoms with Crippen LogP contribution in [0.5, 0.6) is 0 Å². The number of primary amides is 2. The number of nitrogens with zero attached hydrogens (tertiary/aromatic N) is 1. The molecule has 0 radical (unpaired) electrons. The second kappa shape index (κ2) is 44.8. The van der Waals surface area contributed by atoms with Gasteiger partial charge in [-0.15, -0.1) is 0 Å². The van der Waals surface area contributed by atoms with E-state index >= 15 is 0 Å². The third-order valence-corrected chi connectivity index (χ3v) is 14.3. The summed E-state index contributed by atoms with van der Waals surface area (Å²) in [5.41, 5.74) is 27.1. The summed E-state index contributed by atoms with van der Waals surface area (Å²) in [4.78, 5) is 203. The van der Waals surface area contributed by atoms with Gasteiger partial charge in [0, 0.05) is 19.4 Å². The highest BCUT2D eigenvalue weighted by atomic mass is 16.4. The number of carboxylic acids is 1. The maximum Gasteiger partial charge on any atom is 0.326 e. The summed E-state index contributed by atoms with van der Waals surface area (Å²) in [5.74, 6) is -15.4. The fourth-order valence-electron chi connectivity index (χ4n) is 9.46. The molecule has 35 nitrogen and oxygen atoms in total. The highest BCUT2D eigenvalue weighted by molar-refractivity contribution is 5.99. The molecule has 0 aromatic carbocycles. The molecule has 546 valence electrons. The van der Waals surface area contributed by atoms with Crippen LogP contribution in [0.1, 0.15) is 161 Å². The Bertz CT molecular complexity index is 2670. The first kappa shape index (κ1) is 87.2. The number of hydrogen-bond donors (Lipinski definition) is 19. The molecular formula is C61H110N18O17. The van der Waals surface area contributed by atoms with Crippen LogP contribution in [0, 0.1) is 35.5 Å². The van der Waals surface area contributed by atoms with Crippen LogP contribution in [-0.4, -0.2) is 198 Å². The Morgan fingerprint density at radius 3 is 1.09 bits per heavy atom. The largest absolute Gasteiger partial charge is 0.480 e. The summed E-state index contributed by atoms with van der Waals surface area (Å²) >= 11 is 0. The molecule has 0 spiro atoms. The molecule has 24 N–H and O–H groups in total. The van der Waals surface area contributed by atoms with Gasteiger partial charge in [-0.3, -0.25) is 72.1 Å². The minimum absolute atomic E-state index is 0.0197. The SMILES string of the molecule is CC(C)C[C@H](NC(=O)[C@H](CO)NC(=O)[C@H](CCC(N)=O)NC(=O)[C@H](CC(C)C)NC(=O)[C@H](C)NC(=O)CNC(=O)[C@H](CC(C)C)NC(=O)[C@H](CC(C)C)NC(=O)[C@H](CC(C)C)NC(=O)[C@H](CCCN=C(N)N)NC(=O)[C@@H](NC(=O)[C@H](CCC(N)=O)NC(=O)CN)C(C)C)C(=O)O. The number of aliphatic hydroxyl groups is 1. The van der Waals surface area contributed by atoms with Crippen molar-refractivity contribution in [3.05, 3.63) is 0 Å². The van der Waals surface area contributed by atoms with E-state index in [2.05, 4.69) is 68.8 Å². The number of aliphatic carboxylic acids is 1. The number of guanidine groups is 1. The van der Waals surface area contributed by atoms with Crippen LogP contribution >= 0.6 is 0 Å². The summed E-state index contributed by atoms with van der Waals surface area (Å²) in [6.07, 6.45) is -1.18. The lowest BCUT2D eigenvalue weighted by molar-refractivity contribution is -0.143. The van der Waals surface area contributed by atoms with Gasteiger partial charge in [0.05, 0.1) is 19.7 Å². The van der Waals surface area contributed by atoms with Gasteiger partial charge < -0.3 is 103 Å². The zero-order valence-electron chi connectivity index (χ0n) is 57.8. The molecule has 0 saturated carbocycles. The van der Waals surface area contributed by atoms with Gasteiger partial charge >= 0.3 is 5.97 Å². The molecule has 0 aliphatic heterocycles. The van der Waals surface area contributed by atoms with Crippen molar-refractivity contribution < 1.29 is 82.1 Å². The molecule has 35 heteroatoms. The number of amides is 14. The number of aliphatic imine (C=N–C) groups is 1. The van der Waals surface area contributed by atoms with Gasteiger partial charge in [-0.05, 0) is 100 Å². The van der Waals surface area contributed by atoms with Crippen LogP contribution in [0.4, 0.5) is 0 Å². The van der Waals surface area contributed by atoms with Crippen molar-refractivity contribution in [2.75, 3.05) is 26.2 Å². The Hall–Kier alpha value is -8.76. The Balaban J connectivity index is 6.54. The summed E-state index contributed by atoms with van der Waals surface area (Å²) in [7, 11) is 0. The van der Waals surface area contributed by atoms with Crippen molar-refractivity contribution in [1.29, 1.82) is 0 Å². The summed E-state index contributed by atoms with van der Waals surface area (Å²) in [5, 5.41) is 49.7. The molecule has 0 aromatic heterocycles. The monoisotopic (exact) mass is 1370 g/mol. The number of aliphatic hydroxyl groups excluding tert-OH is 1. The van der Waals surface area contributed by atoms with E-state index in [9.17, 15) is 82.1 Å². The first-order valence-electron chi connectivity index (χ1n) is 32.4. The molecule has 0 unspecified atom stereocenters. The number of rotatable bonds is 47. The average molecular weight is 1370 g/mol. The predicted octanol–water partition coefficient (Wildman–Crippen LogP) is -5.04. The fourth-order valence-corrected chi connectivity index (χ4v) is 9.46. The molecule has 0 rings (SSSR count). The van der Waals surface area contributed by atoms with Gasteiger partial charge in [0.25, 0.3) is 0 Å². The van der Waals surface area contributed by atoms with E-state index in [0.717, 1.165) is 0 Å². The molecule has 96 heavy (non-hydrogen) atoms. The third kappa shape index (κ3) is 36.2. The minimum Gasteiger partial charge on any atom is -0.480 e. The molecule has 0 aromatic rings. The van der Waals surface area contributed by atoms with Crippen molar-refractivity contribution >= 4 is 94.6 Å². The van der Waals surface area contributed by atoms with Crippen molar-refractivity contribution in [2.24, 2.45) is 69.2 Å². The molecule has 0 saturated heterocycles. The molecule has 14 amide bonds. The van der Waals surface area contributed by atoms with Crippen LogP contribution in [0.3, 0.4) is 0 Å². The number of carbonyl (C=O) groups is 15. The number of nitrogens with two attached hydrogens (primary N) is 5. The van der Waals surface area contributed by atoms with E-state index in [0.29, 0.717) is 0 Å². The lowest BCUT2D eigenvalue weighted by Crippen LogP contribution is -2.60. The first-order valence-corrected chi connectivity index (χ1v) is 32.4. The topological polar surface area (TPSA) is 583 Å². The molecule has 0 heterocycles. The number of hydrogen-bond acceptors (Lipinski definition) is 18. The second-order valence-corrected chi connectivity index (χ2v) is 26.2. The Labute approximate surface area is 561 Å². The van der Waals surface area contributed by atoms with E-state index in [4.69, 9.17) is 28.7 Å². The van der Waals surface area contributed by atoms with Gasteiger partial charge in [-0.2, -0.15) is 0 Å². The smallest absolute Gasteiger partial charge is 0.326 e. The highest BCUT2D eigenvalue weighted by Crippen LogP contribution is 2.15. The zero-order chi connectivity index (χ0) is 73.9. The molecule has 11 atom stereocenters. The van der Waals surface area contributed by atoms with Crippen LogP contribution in [0.25, 0.3) is 0 Å². The molecule has 0 bridgehead atoms. The lowest BCUT2D eigenvalue weighted by atomic mass is 9.98. The first-order chi connectivity index (χ1) is 44.6. The van der Waals surface area contributed by atoms with Crippen molar-refractivity contribution in [3.8, 4) is 0 Å². The van der Waals surface area contributed by atoms with Gasteiger partial charge in [-0.25, -0.2) is 4.79 Å². The van der Waals surface area contributed by atoms with Gasteiger partial charge in [-0.1, -0.05) is 83.1 Å². The quantitative estimate of drug-likeness (QED) is 0.0154. The van der Waals surface area contributed by atoms with Crippen molar-refractivity contribution in [3.63, 3.8) is 0 Å². The lowest BCUT2D eigenvalue weighted by Gasteiger charge is -2.29. The van der Waals surface area contributed by atoms with Crippen LogP contribution in [0.2, 0.25) is 0 Å². The maximum absolute atomic E-state index is 14.4. The summed E-state index contributed by atoms with van der Waals surface area (Å²) in [6.45, 7) is 19.9. The van der Waals surface area contributed by atoms with Crippen molar-refractivity contribution in [2.45, 2.75) is 227 Å². The molecule has 0 aliphatic rings. The second-order valence-electron chi connectivity index (χ2n) is 26.2. The number of carbonyl (C=O) groups excluding carboxylic acids is 14. The van der Waals surface area contributed by atoms with Crippen LogP contribution in [-0.2, 0) is 71.9 Å². The Morgan fingerprint density at radius 1 is 0.375 bits per heavy atom. The highest BCUT2D eigenvalue weighted by Gasteiger charge is 2.37. The number of carboxylic acid groups (broad SMARTS) is 1. The normalized spacial score (nSPS) is 14.7. The van der Waals surface area contributed by atoms with Gasteiger partial charge in [0.1, 0.15) is 66.5 Å². The van der Waals surface area contributed by atoms with Gasteiger partial charge in [0.15, 0.2) is 5.96 Å². The number of nitrogens with one attached hydrogen (secondary N) is 12. The van der Waals surface area contributed by atoms with E-state index in [1.807, 2.05) is 0 Å². The van der Waals surface area contributed by atoms with E-state index in [1.54, 1.807) is 83.1 Å². The van der Waals surface area contributed by atoms with E-state index in [-0.39, 0.29) is 99.9 Å². The summed E-state index contributed by atoms with van der Waals surface area (Å²) < 4.78 is 0. The van der Waals surface area contributed by atoms with Gasteiger partial charge in [0.2, 0.25) is 82.7 Å². The molecule has 0 fully saturated rings. The summed E-state index contributed by atoms with van der Waals surface area (Å²) in [6, 6.07) is -15.2. The molecule has 0 aliphatic carbocycles. The third-order valence-electron chi connectivity index (χ3n) is 14.3. The van der Waals surface area contributed by atoms with Crippen LogP contribution in [0.15, 0.2) is 4.99 Å². The van der Waals surface area contributed by atoms with Crippen molar-refractivity contribution in [1.82, 2.24) is 63.8 Å². The predicted molar refractivity (Wildman–Crippen MR) is 353 cm³/mol.